The lowest BCUT2D eigenvalue weighted by Gasteiger charge is -2.32. The fourth-order valence-electron chi connectivity index (χ4n) is 2.15. The van der Waals surface area contributed by atoms with Crippen LogP contribution in [0.1, 0.15) is 46.0 Å². The molecule has 0 aliphatic carbocycles. The highest BCUT2D eigenvalue weighted by atomic mass is 16.5. The number of hydrogen-bond acceptors (Lipinski definition) is 4. The summed E-state index contributed by atoms with van der Waals surface area (Å²) < 4.78 is 10.2. The van der Waals surface area contributed by atoms with Crippen molar-refractivity contribution < 1.29 is 19.1 Å². The minimum absolute atomic E-state index is 0.109. The molecule has 98 valence electrons. The van der Waals surface area contributed by atoms with Gasteiger partial charge in [0.15, 0.2) is 5.78 Å². The van der Waals surface area contributed by atoms with Gasteiger partial charge in [-0.2, -0.15) is 0 Å². The van der Waals surface area contributed by atoms with Gasteiger partial charge in [-0.15, -0.1) is 0 Å². The van der Waals surface area contributed by atoms with Gasteiger partial charge in [0.05, 0.1) is 13.0 Å². The highest BCUT2D eigenvalue weighted by Crippen LogP contribution is 2.27. The first-order valence-corrected chi connectivity index (χ1v) is 6.24. The molecule has 1 rings (SSSR count). The van der Waals surface area contributed by atoms with E-state index in [-0.39, 0.29) is 17.7 Å². The molecule has 0 radical (unpaired) electrons. The Bertz CT molecular complexity index is 287. The van der Waals surface area contributed by atoms with E-state index in [0.29, 0.717) is 19.4 Å². The van der Waals surface area contributed by atoms with E-state index in [4.69, 9.17) is 4.74 Å². The molecule has 0 amide bonds. The third-order valence-corrected chi connectivity index (χ3v) is 3.45. The number of esters is 1. The predicted molar refractivity (Wildman–Crippen MR) is 63.6 cm³/mol. The third-order valence-electron chi connectivity index (χ3n) is 3.45. The molecule has 1 saturated heterocycles. The maximum absolute atomic E-state index is 11.8. The minimum Gasteiger partial charge on any atom is -0.469 e. The average molecular weight is 242 g/mol. The second-order valence-electron chi connectivity index (χ2n) is 4.92. The number of hydrogen-bond donors (Lipinski definition) is 0. The molecule has 1 aliphatic heterocycles. The number of methoxy groups -OCH3 is 1. The van der Waals surface area contributed by atoms with Crippen LogP contribution in [0.15, 0.2) is 0 Å². The maximum Gasteiger partial charge on any atom is 0.308 e. The van der Waals surface area contributed by atoms with Gasteiger partial charge in [0.2, 0.25) is 0 Å². The number of ether oxygens (including phenoxy) is 2. The van der Waals surface area contributed by atoms with Crippen molar-refractivity contribution in [3.8, 4) is 0 Å². The number of carbonyl (C=O) groups is 2. The molecule has 0 saturated carbocycles. The van der Waals surface area contributed by atoms with Gasteiger partial charge in [-0.05, 0) is 32.6 Å². The van der Waals surface area contributed by atoms with E-state index >= 15 is 0 Å². The normalized spacial score (nSPS) is 26.6. The van der Waals surface area contributed by atoms with Crippen LogP contribution >= 0.6 is 0 Å². The van der Waals surface area contributed by atoms with Crippen molar-refractivity contribution in [1.29, 1.82) is 0 Å². The van der Waals surface area contributed by atoms with Crippen LogP contribution in [0.4, 0.5) is 0 Å². The van der Waals surface area contributed by atoms with E-state index in [0.717, 1.165) is 19.3 Å². The molecule has 4 heteroatoms. The molecule has 17 heavy (non-hydrogen) atoms. The molecule has 0 aromatic heterocycles. The van der Waals surface area contributed by atoms with Crippen LogP contribution in [-0.2, 0) is 19.1 Å². The minimum atomic E-state index is -0.631. The average Bonchev–Trinajstić information content (AvgIpc) is 2.32. The summed E-state index contributed by atoms with van der Waals surface area (Å²) in [4.78, 5) is 23.0. The van der Waals surface area contributed by atoms with E-state index in [1.165, 1.54) is 7.11 Å². The first-order valence-electron chi connectivity index (χ1n) is 6.24. The summed E-state index contributed by atoms with van der Waals surface area (Å²) in [7, 11) is 1.40. The van der Waals surface area contributed by atoms with Gasteiger partial charge in [0, 0.05) is 13.0 Å². The summed E-state index contributed by atoms with van der Waals surface area (Å²) in [5.41, 5.74) is -0.631. The van der Waals surface area contributed by atoms with Gasteiger partial charge in [0.25, 0.3) is 0 Å². The largest absolute Gasteiger partial charge is 0.469 e. The summed E-state index contributed by atoms with van der Waals surface area (Å²) in [5, 5.41) is 0. The summed E-state index contributed by atoms with van der Waals surface area (Å²) in [5.74, 6) is -0.109. The van der Waals surface area contributed by atoms with Gasteiger partial charge in [0.1, 0.15) is 5.60 Å². The molecular formula is C13H22O4. The van der Waals surface area contributed by atoms with Crippen LogP contribution in [-0.4, -0.2) is 31.1 Å². The Morgan fingerprint density at radius 1 is 1.59 bits per heavy atom. The molecule has 0 spiro atoms. The van der Waals surface area contributed by atoms with Crippen molar-refractivity contribution in [3.05, 3.63) is 0 Å². The molecule has 1 aliphatic rings. The number of rotatable bonds is 5. The van der Waals surface area contributed by atoms with Gasteiger partial charge in [-0.1, -0.05) is 6.92 Å². The topological polar surface area (TPSA) is 52.6 Å². The van der Waals surface area contributed by atoms with Gasteiger partial charge in [-0.25, -0.2) is 0 Å². The third kappa shape index (κ3) is 3.80. The van der Waals surface area contributed by atoms with Crippen molar-refractivity contribution in [2.24, 2.45) is 5.92 Å². The zero-order chi connectivity index (χ0) is 12.9. The summed E-state index contributed by atoms with van der Waals surface area (Å²) in [6.07, 6.45) is 3.67. The molecule has 1 fully saturated rings. The SMILES string of the molecule is COC(=O)C(C)CCC[C@]1(C)OCCCC1=O. The molecular weight excluding hydrogens is 220 g/mol. The van der Waals surface area contributed by atoms with Crippen LogP contribution in [0.5, 0.6) is 0 Å². The molecule has 0 aromatic carbocycles. The lowest BCUT2D eigenvalue weighted by Crippen LogP contribution is -2.42. The second kappa shape index (κ2) is 6.15. The summed E-state index contributed by atoms with van der Waals surface area (Å²) in [6.45, 7) is 4.36. The lowest BCUT2D eigenvalue weighted by atomic mass is 9.88. The predicted octanol–water partition coefficient (Wildman–Crippen LogP) is 2.10. The van der Waals surface area contributed by atoms with Crippen LogP contribution in [0.2, 0.25) is 0 Å². The van der Waals surface area contributed by atoms with Gasteiger partial charge >= 0.3 is 5.97 Å². The van der Waals surface area contributed by atoms with Crippen molar-refractivity contribution in [2.45, 2.75) is 51.6 Å². The van der Waals surface area contributed by atoms with E-state index in [2.05, 4.69) is 4.74 Å². The van der Waals surface area contributed by atoms with E-state index < -0.39 is 5.60 Å². The van der Waals surface area contributed by atoms with Crippen molar-refractivity contribution in [3.63, 3.8) is 0 Å². The Labute approximate surface area is 103 Å². The fourth-order valence-corrected chi connectivity index (χ4v) is 2.15. The van der Waals surface area contributed by atoms with Crippen molar-refractivity contribution in [2.75, 3.05) is 13.7 Å². The Hall–Kier alpha value is -0.900. The zero-order valence-corrected chi connectivity index (χ0v) is 11.0. The summed E-state index contributed by atoms with van der Waals surface area (Å²) >= 11 is 0. The second-order valence-corrected chi connectivity index (χ2v) is 4.92. The zero-order valence-electron chi connectivity index (χ0n) is 11.0. The molecule has 1 unspecified atom stereocenters. The molecule has 4 nitrogen and oxygen atoms in total. The Balaban J connectivity index is 2.34. The maximum atomic E-state index is 11.8. The molecule has 1 heterocycles. The Morgan fingerprint density at radius 2 is 2.29 bits per heavy atom. The van der Waals surface area contributed by atoms with Crippen molar-refractivity contribution in [1.82, 2.24) is 0 Å². The first-order chi connectivity index (χ1) is 7.99. The molecule has 0 aromatic rings. The first kappa shape index (κ1) is 14.2. The van der Waals surface area contributed by atoms with E-state index in [1.54, 1.807) is 0 Å². The molecule has 0 bridgehead atoms. The highest BCUT2D eigenvalue weighted by molar-refractivity contribution is 5.87. The van der Waals surface area contributed by atoms with Crippen LogP contribution in [0.25, 0.3) is 0 Å². The quantitative estimate of drug-likeness (QED) is 0.693. The standard InChI is InChI=1S/C13H22O4/c1-10(12(15)16-3)6-4-8-13(2)11(14)7-5-9-17-13/h10H,4-9H2,1-3H3/t10?,13-/m0/s1. The fraction of sp³-hybridized carbons (Fsp3) is 0.846. The van der Waals surface area contributed by atoms with Crippen LogP contribution in [0.3, 0.4) is 0 Å². The molecule has 0 N–H and O–H groups in total. The van der Waals surface area contributed by atoms with Gasteiger partial charge < -0.3 is 9.47 Å². The molecule has 2 atom stereocenters. The van der Waals surface area contributed by atoms with E-state index in [9.17, 15) is 9.59 Å². The number of Topliss-reactive ketones (excluding diaryl/α,β-unsaturated/α-hetero) is 1. The monoisotopic (exact) mass is 242 g/mol. The van der Waals surface area contributed by atoms with Gasteiger partial charge in [-0.3, -0.25) is 9.59 Å². The van der Waals surface area contributed by atoms with Crippen molar-refractivity contribution >= 4 is 11.8 Å². The van der Waals surface area contributed by atoms with Crippen LogP contribution in [0, 0.1) is 5.92 Å². The number of ketones is 1. The Kier molecular flexibility index (Phi) is 5.12. The highest BCUT2D eigenvalue weighted by Gasteiger charge is 2.35. The summed E-state index contributed by atoms with van der Waals surface area (Å²) in [6, 6.07) is 0. The van der Waals surface area contributed by atoms with E-state index in [1.807, 2.05) is 13.8 Å². The lowest BCUT2D eigenvalue weighted by molar-refractivity contribution is -0.151. The number of carbonyl (C=O) groups excluding carboxylic acids is 2. The Morgan fingerprint density at radius 3 is 2.88 bits per heavy atom. The van der Waals surface area contributed by atoms with Crippen LogP contribution < -0.4 is 0 Å². The smallest absolute Gasteiger partial charge is 0.308 e.